The summed E-state index contributed by atoms with van der Waals surface area (Å²) >= 11 is 0. The first-order valence-electron chi connectivity index (χ1n) is 7.25. The summed E-state index contributed by atoms with van der Waals surface area (Å²) in [5.41, 5.74) is 0.602. The van der Waals surface area contributed by atoms with Gasteiger partial charge < -0.3 is 0 Å². The average molecular weight is 419 g/mol. The summed E-state index contributed by atoms with van der Waals surface area (Å²) in [7, 11) is -12.0. The Balaban J connectivity index is 2.28. The molecule has 0 saturated carbocycles. The number of anilines is 1. The molecule has 0 aliphatic carbocycles. The first-order chi connectivity index (χ1) is 11.9. The zero-order valence-electron chi connectivity index (χ0n) is 14.0. The summed E-state index contributed by atoms with van der Waals surface area (Å²) in [6.45, 7) is 0.0870. The number of nitrogens with one attached hydrogen (secondary N) is 1. The molecule has 11 heteroatoms. The van der Waals surface area contributed by atoms with Crippen molar-refractivity contribution in [1.82, 2.24) is 4.72 Å². The van der Waals surface area contributed by atoms with Crippen LogP contribution in [0.3, 0.4) is 0 Å². The minimum absolute atomic E-state index is 0.0870. The lowest BCUT2D eigenvalue weighted by Crippen LogP contribution is -2.35. The quantitative estimate of drug-likeness (QED) is 0.713. The smallest absolute Gasteiger partial charge is 0.207 e. The lowest BCUT2D eigenvalue weighted by Gasteiger charge is -2.19. The largest absolute Gasteiger partial charge is 0.245 e. The van der Waals surface area contributed by atoms with Gasteiger partial charge in [-0.15, -0.1) is 0 Å². The summed E-state index contributed by atoms with van der Waals surface area (Å²) in [5.74, 6) is 0. The van der Waals surface area contributed by atoms with Gasteiger partial charge in [0.05, 0.1) is 23.1 Å². The standard InChI is InChI=1S/C15H18N2O6S3/c1-24(18,19)17(25(2,20)21)14-8-10-15(11-9-14)26(22,23)16-12-13-6-4-3-5-7-13/h3-11,16H,12H2,1-2H3. The molecule has 0 fully saturated rings. The van der Waals surface area contributed by atoms with Crippen molar-refractivity contribution in [3.05, 3.63) is 60.2 Å². The first-order valence-corrected chi connectivity index (χ1v) is 12.4. The lowest BCUT2D eigenvalue weighted by molar-refractivity contribution is 0.581. The minimum Gasteiger partial charge on any atom is -0.207 e. The van der Waals surface area contributed by atoms with Crippen molar-refractivity contribution in [2.45, 2.75) is 11.4 Å². The van der Waals surface area contributed by atoms with E-state index in [1.54, 1.807) is 24.3 Å². The van der Waals surface area contributed by atoms with Gasteiger partial charge in [-0.25, -0.2) is 30.0 Å². The normalized spacial score (nSPS) is 12.7. The fraction of sp³-hybridized carbons (Fsp3) is 0.200. The highest BCUT2D eigenvalue weighted by Gasteiger charge is 2.27. The van der Waals surface area contributed by atoms with Crippen molar-refractivity contribution >= 4 is 35.8 Å². The predicted molar refractivity (Wildman–Crippen MR) is 99.1 cm³/mol. The molecule has 0 heterocycles. The van der Waals surface area contributed by atoms with Crippen LogP contribution < -0.4 is 8.43 Å². The van der Waals surface area contributed by atoms with Crippen molar-refractivity contribution < 1.29 is 25.3 Å². The molecule has 142 valence electrons. The summed E-state index contributed by atoms with van der Waals surface area (Å²) in [5, 5.41) is 0. The molecular formula is C15H18N2O6S3. The van der Waals surface area contributed by atoms with Gasteiger partial charge in [0.15, 0.2) is 0 Å². The van der Waals surface area contributed by atoms with Crippen LogP contribution in [0.25, 0.3) is 0 Å². The zero-order chi connectivity index (χ0) is 19.6. The monoisotopic (exact) mass is 418 g/mol. The van der Waals surface area contributed by atoms with Crippen LogP contribution in [0.2, 0.25) is 0 Å². The Hall–Kier alpha value is -1.95. The van der Waals surface area contributed by atoms with Crippen molar-refractivity contribution in [2.75, 3.05) is 16.2 Å². The molecule has 0 aromatic heterocycles. The molecule has 0 aliphatic rings. The highest BCUT2D eigenvalue weighted by Crippen LogP contribution is 2.23. The van der Waals surface area contributed by atoms with E-state index in [0.717, 1.165) is 42.3 Å². The van der Waals surface area contributed by atoms with Gasteiger partial charge in [-0.05, 0) is 29.8 Å². The second-order valence-corrected chi connectivity index (χ2v) is 11.2. The molecule has 1 N–H and O–H groups in total. The molecule has 26 heavy (non-hydrogen) atoms. The highest BCUT2D eigenvalue weighted by atomic mass is 32.3. The summed E-state index contributed by atoms with van der Waals surface area (Å²) in [6.07, 6.45) is 1.50. The number of benzene rings is 2. The molecule has 2 aromatic rings. The van der Waals surface area contributed by atoms with Crippen molar-refractivity contribution in [2.24, 2.45) is 0 Å². The van der Waals surface area contributed by atoms with E-state index in [-0.39, 0.29) is 20.8 Å². The second-order valence-electron chi connectivity index (χ2n) is 5.53. The molecule has 8 nitrogen and oxygen atoms in total. The number of nitrogens with zero attached hydrogens (tertiary/aromatic N) is 1. The van der Waals surface area contributed by atoms with E-state index in [9.17, 15) is 25.3 Å². The maximum atomic E-state index is 12.3. The summed E-state index contributed by atoms with van der Waals surface area (Å²) < 4.78 is 74.2. The van der Waals surface area contributed by atoms with Gasteiger partial charge in [0.2, 0.25) is 30.1 Å². The predicted octanol–water partition coefficient (Wildman–Crippen LogP) is 0.891. The molecule has 0 atom stereocenters. The van der Waals surface area contributed by atoms with Gasteiger partial charge in [0, 0.05) is 6.54 Å². The fourth-order valence-corrected chi connectivity index (χ4v) is 6.23. The summed E-state index contributed by atoms with van der Waals surface area (Å²) in [6, 6.07) is 13.4. The molecule has 0 spiro atoms. The Kier molecular flexibility index (Phi) is 5.76. The molecule has 0 bridgehead atoms. The summed E-state index contributed by atoms with van der Waals surface area (Å²) in [4.78, 5) is -0.112. The van der Waals surface area contributed by atoms with E-state index >= 15 is 0 Å². The van der Waals surface area contributed by atoms with Crippen LogP contribution in [0, 0.1) is 0 Å². The SMILES string of the molecule is CS(=O)(=O)N(c1ccc(S(=O)(=O)NCc2ccccc2)cc1)S(C)(=O)=O. The van der Waals surface area contributed by atoms with Crippen LogP contribution in [-0.4, -0.2) is 37.8 Å². The van der Waals surface area contributed by atoms with Gasteiger partial charge in [-0.3, -0.25) is 0 Å². The van der Waals surface area contributed by atoms with Gasteiger partial charge in [-0.1, -0.05) is 30.3 Å². The van der Waals surface area contributed by atoms with E-state index in [2.05, 4.69) is 4.72 Å². The van der Waals surface area contributed by atoms with E-state index in [4.69, 9.17) is 0 Å². The first kappa shape index (κ1) is 20.4. The van der Waals surface area contributed by atoms with Crippen LogP contribution in [-0.2, 0) is 36.6 Å². The van der Waals surface area contributed by atoms with Gasteiger partial charge in [0.1, 0.15) is 0 Å². The Morgan fingerprint density at radius 1 is 0.769 bits per heavy atom. The highest BCUT2D eigenvalue weighted by molar-refractivity contribution is 8.09. The molecule has 0 unspecified atom stereocenters. The average Bonchev–Trinajstić information content (AvgIpc) is 2.52. The third kappa shape index (κ3) is 5.04. The van der Waals surface area contributed by atoms with Crippen molar-refractivity contribution in [3.63, 3.8) is 0 Å². The Bertz CT molecular complexity index is 1050. The van der Waals surface area contributed by atoms with Crippen molar-refractivity contribution in [3.8, 4) is 0 Å². The number of hydrogen-bond acceptors (Lipinski definition) is 6. The van der Waals surface area contributed by atoms with Gasteiger partial charge in [-0.2, -0.15) is 3.71 Å². The van der Waals surface area contributed by atoms with Crippen LogP contribution >= 0.6 is 0 Å². The molecule has 0 aliphatic heterocycles. The molecular weight excluding hydrogens is 400 g/mol. The van der Waals surface area contributed by atoms with Gasteiger partial charge >= 0.3 is 0 Å². The van der Waals surface area contributed by atoms with E-state index in [0.29, 0.717) is 0 Å². The van der Waals surface area contributed by atoms with E-state index in [1.807, 2.05) is 6.07 Å². The third-order valence-corrected chi connectivity index (χ3v) is 7.94. The van der Waals surface area contributed by atoms with Crippen LogP contribution in [0.1, 0.15) is 5.56 Å². The minimum atomic E-state index is -4.09. The second kappa shape index (κ2) is 7.35. The zero-order valence-corrected chi connectivity index (χ0v) is 16.5. The Morgan fingerprint density at radius 3 is 1.73 bits per heavy atom. The van der Waals surface area contributed by atoms with Crippen LogP contribution in [0.4, 0.5) is 5.69 Å². The molecule has 0 radical (unpaired) electrons. The van der Waals surface area contributed by atoms with Crippen LogP contribution in [0.15, 0.2) is 59.5 Å². The van der Waals surface area contributed by atoms with Crippen LogP contribution in [0.5, 0.6) is 0 Å². The molecule has 2 rings (SSSR count). The van der Waals surface area contributed by atoms with E-state index < -0.39 is 30.1 Å². The lowest BCUT2D eigenvalue weighted by atomic mass is 10.2. The fourth-order valence-electron chi connectivity index (χ4n) is 2.23. The van der Waals surface area contributed by atoms with Gasteiger partial charge in [0.25, 0.3) is 0 Å². The Labute approximate surface area is 153 Å². The number of rotatable bonds is 7. The third-order valence-electron chi connectivity index (χ3n) is 3.27. The number of sulfonamides is 3. The molecule has 0 amide bonds. The van der Waals surface area contributed by atoms with E-state index in [1.165, 1.54) is 0 Å². The van der Waals surface area contributed by atoms with Crippen molar-refractivity contribution in [1.29, 1.82) is 0 Å². The Morgan fingerprint density at radius 2 is 1.27 bits per heavy atom. The topological polar surface area (TPSA) is 118 Å². The maximum absolute atomic E-state index is 12.3. The number of hydrogen-bond donors (Lipinski definition) is 1. The molecule has 0 saturated heterocycles. The molecule has 2 aromatic carbocycles. The maximum Gasteiger partial charge on any atom is 0.245 e.